The minimum absolute atomic E-state index is 0.532. The van der Waals surface area contributed by atoms with E-state index in [9.17, 15) is 0 Å². The van der Waals surface area contributed by atoms with Gasteiger partial charge in [-0.2, -0.15) is 0 Å². The van der Waals surface area contributed by atoms with Gasteiger partial charge in [-0.3, -0.25) is 0 Å². The normalized spacial score (nSPS) is 10.3. The molecule has 0 saturated heterocycles. The molecule has 1 heterocycles. The quantitative estimate of drug-likeness (QED) is 0.803. The summed E-state index contributed by atoms with van der Waals surface area (Å²) in [4.78, 5) is 8.03. The first-order chi connectivity index (χ1) is 7.31. The summed E-state index contributed by atoms with van der Waals surface area (Å²) in [5, 5.41) is 0. The van der Waals surface area contributed by atoms with E-state index in [4.69, 9.17) is 5.73 Å². The Morgan fingerprint density at radius 3 is 2.60 bits per heavy atom. The maximum Gasteiger partial charge on any atom is 0.115 e. The van der Waals surface area contributed by atoms with E-state index in [-0.39, 0.29) is 0 Å². The molecule has 2 N–H and O–H groups in total. The number of benzene rings is 1. The van der Waals surface area contributed by atoms with Gasteiger partial charge in [0.05, 0.1) is 0 Å². The summed E-state index contributed by atoms with van der Waals surface area (Å²) in [6.07, 6.45) is 5.14. The molecule has 3 heteroatoms. The average Bonchev–Trinajstić information content (AvgIpc) is 2.30. The Morgan fingerprint density at radius 2 is 1.93 bits per heavy atom. The molecule has 1 aromatic heterocycles. The van der Waals surface area contributed by atoms with E-state index in [0.717, 1.165) is 16.7 Å². The van der Waals surface area contributed by atoms with Crippen molar-refractivity contribution < 1.29 is 0 Å². The molecule has 0 amide bonds. The molecule has 3 nitrogen and oxygen atoms in total. The van der Waals surface area contributed by atoms with Crippen molar-refractivity contribution >= 4 is 0 Å². The van der Waals surface area contributed by atoms with Gasteiger partial charge in [-0.1, -0.05) is 23.8 Å². The standard InChI is InChI=1S/C12H13N3/c1-9-2-3-10(5-13)12(4-9)11-6-14-8-15-7-11/h2-4,6-8H,5,13H2,1H3. The molecule has 0 radical (unpaired) electrons. The number of nitrogens with zero attached hydrogens (tertiary/aromatic N) is 2. The molecular formula is C12H13N3. The number of hydrogen-bond acceptors (Lipinski definition) is 3. The third-order valence-corrected chi connectivity index (χ3v) is 2.36. The number of aryl methyl sites for hydroxylation is 1. The Bertz CT molecular complexity index is 452. The summed E-state index contributed by atoms with van der Waals surface area (Å²) in [5.41, 5.74) is 10.2. The number of hydrogen-bond donors (Lipinski definition) is 1. The van der Waals surface area contributed by atoms with Crippen molar-refractivity contribution in [3.63, 3.8) is 0 Å². The third kappa shape index (κ3) is 2.02. The summed E-state index contributed by atoms with van der Waals surface area (Å²) in [6, 6.07) is 6.23. The predicted molar refractivity (Wildman–Crippen MR) is 60.1 cm³/mol. The van der Waals surface area contributed by atoms with Gasteiger partial charge in [0.2, 0.25) is 0 Å². The smallest absolute Gasteiger partial charge is 0.115 e. The first-order valence-corrected chi connectivity index (χ1v) is 4.86. The highest BCUT2D eigenvalue weighted by atomic mass is 14.8. The molecule has 0 spiro atoms. The molecule has 1 aromatic carbocycles. The van der Waals surface area contributed by atoms with Gasteiger partial charge in [0, 0.05) is 24.5 Å². The van der Waals surface area contributed by atoms with Crippen LogP contribution in [0.3, 0.4) is 0 Å². The molecule has 15 heavy (non-hydrogen) atoms. The Labute approximate surface area is 89.0 Å². The van der Waals surface area contributed by atoms with E-state index in [1.165, 1.54) is 11.9 Å². The van der Waals surface area contributed by atoms with Crippen LogP contribution in [0.4, 0.5) is 0 Å². The maximum absolute atomic E-state index is 5.70. The van der Waals surface area contributed by atoms with Crippen LogP contribution in [0, 0.1) is 6.92 Å². The SMILES string of the molecule is Cc1ccc(CN)c(-c2cncnc2)c1. The van der Waals surface area contributed by atoms with E-state index in [0.29, 0.717) is 6.54 Å². The predicted octanol–water partition coefficient (Wildman–Crippen LogP) is 1.91. The second kappa shape index (κ2) is 4.19. The van der Waals surface area contributed by atoms with Crippen molar-refractivity contribution in [3.8, 4) is 11.1 Å². The van der Waals surface area contributed by atoms with Gasteiger partial charge in [-0.05, 0) is 18.1 Å². The zero-order valence-electron chi connectivity index (χ0n) is 8.64. The van der Waals surface area contributed by atoms with Gasteiger partial charge in [0.15, 0.2) is 0 Å². The molecule has 0 unspecified atom stereocenters. The fourth-order valence-corrected chi connectivity index (χ4v) is 1.58. The van der Waals surface area contributed by atoms with Crippen LogP contribution in [-0.2, 0) is 6.54 Å². The largest absolute Gasteiger partial charge is 0.326 e. The fourth-order valence-electron chi connectivity index (χ4n) is 1.58. The molecule has 0 aliphatic heterocycles. The summed E-state index contributed by atoms with van der Waals surface area (Å²) >= 11 is 0. The molecule has 2 aromatic rings. The first kappa shape index (κ1) is 9.80. The van der Waals surface area contributed by atoms with Gasteiger partial charge >= 0.3 is 0 Å². The summed E-state index contributed by atoms with van der Waals surface area (Å²) in [6.45, 7) is 2.60. The molecule has 0 fully saturated rings. The topological polar surface area (TPSA) is 51.8 Å². The van der Waals surface area contributed by atoms with Gasteiger partial charge in [0.1, 0.15) is 6.33 Å². The molecular weight excluding hydrogens is 186 g/mol. The lowest BCUT2D eigenvalue weighted by Gasteiger charge is -2.08. The van der Waals surface area contributed by atoms with Crippen LogP contribution < -0.4 is 5.73 Å². The fraction of sp³-hybridized carbons (Fsp3) is 0.167. The van der Waals surface area contributed by atoms with E-state index in [2.05, 4.69) is 35.1 Å². The zero-order chi connectivity index (χ0) is 10.7. The van der Waals surface area contributed by atoms with Crippen molar-refractivity contribution in [2.75, 3.05) is 0 Å². The number of rotatable bonds is 2. The molecule has 0 bridgehead atoms. The Balaban J connectivity index is 2.56. The molecule has 0 aliphatic carbocycles. The van der Waals surface area contributed by atoms with E-state index in [1.807, 2.05) is 0 Å². The minimum Gasteiger partial charge on any atom is -0.326 e. The van der Waals surface area contributed by atoms with Crippen molar-refractivity contribution in [3.05, 3.63) is 48.0 Å². The average molecular weight is 199 g/mol. The van der Waals surface area contributed by atoms with Crippen molar-refractivity contribution in [2.24, 2.45) is 5.73 Å². The number of nitrogens with two attached hydrogens (primary N) is 1. The van der Waals surface area contributed by atoms with E-state index in [1.54, 1.807) is 12.4 Å². The van der Waals surface area contributed by atoms with Gasteiger partial charge < -0.3 is 5.73 Å². The van der Waals surface area contributed by atoms with Crippen LogP contribution >= 0.6 is 0 Å². The van der Waals surface area contributed by atoms with Gasteiger partial charge in [-0.25, -0.2) is 9.97 Å². The highest BCUT2D eigenvalue weighted by Crippen LogP contribution is 2.23. The lowest BCUT2D eigenvalue weighted by atomic mass is 10.00. The van der Waals surface area contributed by atoms with Gasteiger partial charge in [-0.15, -0.1) is 0 Å². The lowest BCUT2D eigenvalue weighted by molar-refractivity contribution is 1.07. The first-order valence-electron chi connectivity index (χ1n) is 4.86. The van der Waals surface area contributed by atoms with Crippen molar-refractivity contribution in [2.45, 2.75) is 13.5 Å². The molecule has 0 aliphatic rings. The van der Waals surface area contributed by atoms with Gasteiger partial charge in [0.25, 0.3) is 0 Å². The van der Waals surface area contributed by atoms with Crippen LogP contribution in [-0.4, -0.2) is 9.97 Å². The monoisotopic (exact) mass is 199 g/mol. The zero-order valence-corrected chi connectivity index (χ0v) is 8.64. The summed E-state index contributed by atoms with van der Waals surface area (Å²) < 4.78 is 0. The van der Waals surface area contributed by atoms with Crippen LogP contribution in [0.1, 0.15) is 11.1 Å². The number of aromatic nitrogens is 2. The molecule has 0 saturated carbocycles. The van der Waals surface area contributed by atoms with Crippen molar-refractivity contribution in [1.29, 1.82) is 0 Å². The molecule has 0 atom stereocenters. The minimum atomic E-state index is 0.532. The molecule has 76 valence electrons. The maximum atomic E-state index is 5.70. The highest BCUT2D eigenvalue weighted by Gasteiger charge is 2.04. The van der Waals surface area contributed by atoms with Crippen LogP contribution in [0.5, 0.6) is 0 Å². The highest BCUT2D eigenvalue weighted by molar-refractivity contribution is 5.66. The molecule has 2 rings (SSSR count). The Morgan fingerprint density at radius 1 is 1.20 bits per heavy atom. The third-order valence-electron chi connectivity index (χ3n) is 2.36. The second-order valence-corrected chi connectivity index (χ2v) is 3.49. The van der Waals surface area contributed by atoms with E-state index < -0.39 is 0 Å². The Kier molecular flexibility index (Phi) is 2.74. The van der Waals surface area contributed by atoms with Crippen LogP contribution in [0.2, 0.25) is 0 Å². The lowest BCUT2D eigenvalue weighted by Crippen LogP contribution is -1.99. The van der Waals surface area contributed by atoms with Crippen molar-refractivity contribution in [1.82, 2.24) is 9.97 Å². The summed E-state index contributed by atoms with van der Waals surface area (Å²) in [5.74, 6) is 0. The van der Waals surface area contributed by atoms with Crippen LogP contribution in [0.25, 0.3) is 11.1 Å². The Hall–Kier alpha value is -1.74. The summed E-state index contributed by atoms with van der Waals surface area (Å²) in [7, 11) is 0. The van der Waals surface area contributed by atoms with Crippen LogP contribution in [0.15, 0.2) is 36.9 Å². The second-order valence-electron chi connectivity index (χ2n) is 3.49. The van der Waals surface area contributed by atoms with E-state index >= 15 is 0 Å².